The molecule has 1 atom stereocenters. The van der Waals surface area contributed by atoms with Gasteiger partial charge in [-0.2, -0.15) is 0 Å². The number of methoxy groups -OCH3 is 1. The highest BCUT2D eigenvalue weighted by Gasteiger charge is 2.22. The van der Waals surface area contributed by atoms with E-state index in [9.17, 15) is 9.59 Å². The molecule has 0 saturated carbocycles. The Morgan fingerprint density at radius 3 is 2.00 bits per heavy atom. The fourth-order valence-electron chi connectivity index (χ4n) is 2.44. The van der Waals surface area contributed by atoms with Gasteiger partial charge < -0.3 is 14.5 Å². The fourth-order valence-corrected chi connectivity index (χ4v) is 2.44. The van der Waals surface area contributed by atoms with Crippen molar-refractivity contribution >= 4 is 11.9 Å². The summed E-state index contributed by atoms with van der Waals surface area (Å²) in [4.78, 5) is 28.1. The third kappa shape index (κ3) is 7.78. The standard InChI is InChI=1S/C17H34N2O3/c1-7-18(8-2)11-9-10-12-19(16(20)14(3)4)13-15(5)17(21)22-6/h14-15H,7-13H2,1-6H3. The van der Waals surface area contributed by atoms with E-state index in [1.54, 1.807) is 0 Å². The number of hydrogen-bond donors (Lipinski definition) is 0. The summed E-state index contributed by atoms with van der Waals surface area (Å²) >= 11 is 0. The molecule has 0 bridgehead atoms. The van der Waals surface area contributed by atoms with Crippen LogP contribution in [0.5, 0.6) is 0 Å². The van der Waals surface area contributed by atoms with Gasteiger partial charge >= 0.3 is 5.97 Å². The Bertz CT molecular complexity index is 328. The van der Waals surface area contributed by atoms with Gasteiger partial charge in [-0.3, -0.25) is 9.59 Å². The summed E-state index contributed by atoms with van der Waals surface area (Å²) in [5, 5.41) is 0. The lowest BCUT2D eigenvalue weighted by atomic mass is 10.1. The number of nitrogens with zero attached hydrogens (tertiary/aromatic N) is 2. The van der Waals surface area contributed by atoms with Crippen LogP contribution in [0.3, 0.4) is 0 Å². The first-order chi connectivity index (χ1) is 10.4. The van der Waals surface area contributed by atoms with Crippen molar-refractivity contribution in [1.29, 1.82) is 0 Å². The smallest absolute Gasteiger partial charge is 0.310 e. The number of carbonyl (C=O) groups is 2. The molecule has 130 valence electrons. The monoisotopic (exact) mass is 314 g/mol. The second kappa shape index (κ2) is 11.5. The number of amides is 1. The van der Waals surface area contributed by atoms with Gasteiger partial charge in [0.25, 0.3) is 0 Å². The molecular formula is C17H34N2O3. The Balaban J connectivity index is 4.43. The topological polar surface area (TPSA) is 49.9 Å². The van der Waals surface area contributed by atoms with E-state index in [1.165, 1.54) is 7.11 Å². The number of rotatable bonds is 11. The first-order valence-corrected chi connectivity index (χ1v) is 8.46. The quantitative estimate of drug-likeness (QED) is 0.434. The minimum Gasteiger partial charge on any atom is -0.469 e. The number of unbranched alkanes of at least 4 members (excludes halogenated alkanes) is 1. The number of esters is 1. The molecule has 0 N–H and O–H groups in total. The average Bonchev–Trinajstić information content (AvgIpc) is 2.51. The van der Waals surface area contributed by atoms with Crippen molar-refractivity contribution < 1.29 is 14.3 Å². The Hall–Kier alpha value is -1.10. The molecule has 0 aromatic heterocycles. The third-order valence-electron chi connectivity index (χ3n) is 3.95. The van der Waals surface area contributed by atoms with Crippen molar-refractivity contribution in [1.82, 2.24) is 9.80 Å². The lowest BCUT2D eigenvalue weighted by Crippen LogP contribution is -2.40. The summed E-state index contributed by atoms with van der Waals surface area (Å²) < 4.78 is 4.76. The molecule has 0 aliphatic rings. The van der Waals surface area contributed by atoms with E-state index >= 15 is 0 Å². The molecule has 0 heterocycles. The molecule has 5 nitrogen and oxygen atoms in total. The Morgan fingerprint density at radius 1 is 1.00 bits per heavy atom. The van der Waals surface area contributed by atoms with E-state index < -0.39 is 0 Å². The fraction of sp³-hybridized carbons (Fsp3) is 0.882. The minimum atomic E-state index is -0.282. The maximum absolute atomic E-state index is 12.3. The highest BCUT2D eigenvalue weighted by atomic mass is 16.5. The van der Waals surface area contributed by atoms with Gasteiger partial charge in [0.05, 0.1) is 13.0 Å². The Morgan fingerprint density at radius 2 is 1.55 bits per heavy atom. The molecule has 22 heavy (non-hydrogen) atoms. The average molecular weight is 314 g/mol. The van der Waals surface area contributed by atoms with Gasteiger partial charge in [0.15, 0.2) is 0 Å². The van der Waals surface area contributed by atoms with Crippen LogP contribution in [-0.4, -0.2) is 61.5 Å². The molecule has 0 fully saturated rings. The lowest BCUT2D eigenvalue weighted by molar-refractivity contribution is -0.146. The molecule has 0 spiro atoms. The molecule has 0 aromatic rings. The van der Waals surface area contributed by atoms with Gasteiger partial charge in [-0.1, -0.05) is 34.6 Å². The molecule has 1 unspecified atom stereocenters. The zero-order chi connectivity index (χ0) is 17.1. The first kappa shape index (κ1) is 20.9. The molecule has 0 aliphatic heterocycles. The van der Waals surface area contributed by atoms with Crippen molar-refractivity contribution in [3.8, 4) is 0 Å². The number of hydrogen-bond acceptors (Lipinski definition) is 4. The van der Waals surface area contributed by atoms with Gasteiger partial charge in [0, 0.05) is 19.0 Å². The second-order valence-electron chi connectivity index (χ2n) is 6.10. The molecular weight excluding hydrogens is 280 g/mol. The van der Waals surface area contributed by atoms with E-state index in [4.69, 9.17) is 4.74 Å². The van der Waals surface area contributed by atoms with Crippen LogP contribution in [0.15, 0.2) is 0 Å². The van der Waals surface area contributed by atoms with Gasteiger partial charge in [-0.25, -0.2) is 0 Å². The van der Waals surface area contributed by atoms with Crippen LogP contribution in [0.1, 0.15) is 47.5 Å². The minimum absolute atomic E-state index is 0.0485. The molecule has 1 amide bonds. The molecule has 0 saturated heterocycles. The van der Waals surface area contributed by atoms with Crippen molar-refractivity contribution in [2.24, 2.45) is 11.8 Å². The summed E-state index contributed by atoms with van der Waals surface area (Å²) in [6.07, 6.45) is 2.03. The van der Waals surface area contributed by atoms with Crippen LogP contribution in [-0.2, 0) is 14.3 Å². The normalized spacial score (nSPS) is 12.5. The highest BCUT2D eigenvalue weighted by Crippen LogP contribution is 2.09. The van der Waals surface area contributed by atoms with Crippen LogP contribution in [0.25, 0.3) is 0 Å². The highest BCUT2D eigenvalue weighted by molar-refractivity contribution is 5.79. The van der Waals surface area contributed by atoms with E-state index in [2.05, 4.69) is 18.7 Å². The maximum atomic E-state index is 12.3. The van der Waals surface area contributed by atoms with Crippen molar-refractivity contribution in [3.05, 3.63) is 0 Å². The van der Waals surface area contributed by atoms with Gasteiger partial charge in [-0.05, 0) is 32.5 Å². The number of carbonyl (C=O) groups excluding carboxylic acids is 2. The summed E-state index contributed by atoms with van der Waals surface area (Å²) in [7, 11) is 1.39. The second-order valence-corrected chi connectivity index (χ2v) is 6.10. The van der Waals surface area contributed by atoms with E-state index in [0.29, 0.717) is 13.1 Å². The molecule has 0 radical (unpaired) electrons. The molecule has 0 aliphatic carbocycles. The lowest BCUT2D eigenvalue weighted by Gasteiger charge is -2.27. The van der Waals surface area contributed by atoms with Crippen LogP contribution in [0.4, 0.5) is 0 Å². The van der Waals surface area contributed by atoms with Crippen molar-refractivity contribution in [2.45, 2.75) is 47.5 Å². The Labute approximate surface area is 136 Å². The Kier molecular flexibility index (Phi) is 10.9. The summed E-state index contributed by atoms with van der Waals surface area (Å²) in [6, 6.07) is 0. The van der Waals surface area contributed by atoms with Gasteiger partial charge in [0.1, 0.15) is 0 Å². The predicted molar refractivity (Wildman–Crippen MR) is 89.6 cm³/mol. The largest absolute Gasteiger partial charge is 0.469 e. The van der Waals surface area contributed by atoms with Gasteiger partial charge in [-0.15, -0.1) is 0 Å². The summed E-state index contributed by atoms with van der Waals surface area (Å²) in [6.45, 7) is 14.3. The first-order valence-electron chi connectivity index (χ1n) is 8.46. The predicted octanol–water partition coefficient (Wildman–Crippen LogP) is 2.40. The third-order valence-corrected chi connectivity index (χ3v) is 3.95. The zero-order valence-corrected chi connectivity index (χ0v) is 15.2. The summed E-state index contributed by atoms with van der Waals surface area (Å²) in [5.41, 5.74) is 0. The molecule has 0 aromatic carbocycles. The van der Waals surface area contributed by atoms with E-state index in [0.717, 1.165) is 32.5 Å². The molecule has 5 heteroatoms. The molecule has 0 rings (SSSR count). The van der Waals surface area contributed by atoms with Crippen LogP contribution < -0.4 is 0 Å². The van der Waals surface area contributed by atoms with Crippen molar-refractivity contribution in [2.75, 3.05) is 39.8 Å². The van der Waals surface area contributed by atoms with Crippen LogP contribution in [0.2, 0.25) is 0 Å². The van der Waals surface area contributed by atoms with E-state index in [1.807, 2.05) is 25.7 Å². The van der Waals surface area contributed by atoms with Crippen LogP contribution >= 0.6 is 0 Å². The van der Waals surface area contributed by atoms with Crippen LogP contribution in [0, 0.1) is 11.8 Å². The zero-order valence-electron chi connectivity index (χ0n) is 15.2. The SMILES string of the molecule is CCN(CC)CCCCN(CC(C)C(=O)OC)C(=O)C(C)C. The summed E-state index contributed by atoms with van der Waals surface area (Å²) in [5.74, 6) is -0.480. The van der Waals surface area contributed by atoms with Crippen molar-refractivity contribution in [3.63, 3.8) is 0 Å². The van der Waals surface area contributed by atoms with E-state index in [-0.39, 0.29) is 23.7 Å². The number of ether oxygens (including phenoxy) is 1. The maximum Gasteiger partial charge on any atom is 0.310 e. The van der Waals surface area contributed by atoms with Gasteiger partial charge in [0.2, 0.25) is 5.91 Å².